The minimum atomic E-state index is -3.85. The average Bonchev–Trinajstić information content (AvgIpc) is 2.45. The lowest BCUT2D eigenvalue weighted by atomic mass is 10.3. The maximum absolute atomic E-state index is 12.1. The minimum absolute atomic E-state index is 0.0145. The molecule has 0 aromatic heterocycles. The van der Waals surface area contributed by atoms with E-state index in [4.69, 9.17) is 4.74 Å². The molecule has 0 saturated carbocycles. The Balaban J connectivity index is 2.75. The van der Waals surface area contributed by atoms with Crippen molar-refractivity contribution >= 4 is 33.3 Å². The van der Waals surface area contributed by atoms with Crippen LogP contribution in [0.3, 0.4) is 0 Å². The summed E-state index contributed by atoms with van der Waals surface area (Å²) in [5.74, 6) is -0.731. The minimum Gasteiger partial charge on any atom is -0.466 e. The summed E-state index contributed by atoms with van der Waals surface area (Å²) >= 11 is 0. The lowest BCUT2D eigenvalue weighted by Crippen LogP contribution is -2.21. The third-order valence-corrected chi connectivity index (χ3v) is 3.77. The summed E-state index contributed by atoms with van der Waals surface area (Å²) in [6.07, 6.45) is -0.0994. The number of hydrogen-bond acceptors (Lipinski definition) is 6. The summed E-state index contributed by atoms with van der Waals surface area (Å²) in [4.78, 5) is 24.2. The molecule has 0 aliphatic rings. The molecule has 126 valence electrons. The number of carbonyl (C=O) groups is 2. The summed E-state index contributed by atoms with van der Waals surface area (Å²) in [5.41, 5.74) is 0.764. The van der Waals surface area contributed by atoms with Crippen molar-refractivity contribution in [3.05, 3.63) is 24.3 Å². The molecule has 2 N–H and O–H groups in total. The highest BCUT2D eigenvalue weighted by Gasteiger charge is 2.13. The number of carbonyl (C=O) groups excluding carboxylic acids is 2. The van der Waals surface area contributed by atoms with E-state index in [-0.39, 0.29) is 29.5 Å². The first-order valence-electron chi connectivity index (χ1n) is 6.83. The van der Waals surface area contributed by atoms with E-state index in [1.54, 1.807) is 6.92 Å². The van der Waals surface area contributed by atoms with Crippen LogP contribution in [0.15, 0.2) is 34.3 Å². The number of benzene rings is 1. The van der Waals surface area contributed by atoms with Gasteiger partial charge in [0.05, 0.1) is 17.9 Å². The van der Waals surface area contributed by atoms with Gasteiger partial charge in [-0.15, -0.1) is 0 Å². The first-order chi connectivity index (χ1) is 10.7. The van der Waals surface area contributed by atoms with E-state index in [1.165, 1.54) is 38.1 Å². The van der Waals surface area contributed by atoms with Gasteiger partial charge < -0.3 is 10.1 Å². The zero-order valence-electron chi connectivity index (χ0n) is 13.1. The Hall–Kier alpha value is -2.42. The molecule has 0 bridgehead atoms. The van der Waals surface area contributed by atoms with Crippen molar-refractivity contribution in [3.8, 4) is 0 Å². The van der Waals surface area contributed by atoms with Gasteiger partial charge in [-0.05, 0) is 38.1 Å². The zero-order valence-corrected chi connectivity index (χ0v) is 13.9. The van der Waals surface area contributed by atoms with Gasteiger partial charge in [0.2, 0.25) is 5.91 Å². The van der Waals surface area contributed by atoms with Crippen LogP contribution in [0.5, 0.6) is 0 Å². The van der Waals surface area contributed by atoms with E-state index < -0.39 is 16.0 Å². The molecule has 0 atom stereocenters. The third kappa shape index (κ3) is 6.47. The number of nitrogens with one attached hydrogen (secondary N) is 2. The predicted octanol–water partition coefficient (Wildman–Crippen LogP) is 1.25. The molecule has 0 aliphatic heterocycles. The van der Waals surface area contributed by atoms with Gasteiger partial charge in [0.1, 0.15) is 0 Å². The van der Waals surface area contributed by atoms with Crippen molar-refractivity contribution in [1.29, 1.82) is 0 Å². The highest BCUT2D eigenvalue weighted by molar-refractivity contribution is 7.89. The maximum atomic E-state index is 12.1. The van der Waals surface area contributed by atoms with Gasteiger partial charge in [-0.3, -0.25) is 9.59 Å². The lowest BCUT2D eigenvalue weighted by Gasteiger charge is -2.07. The molecule has 0 fully saturated rings. The number of hydrazone groups is 1. The van der Waals surface area contributed by atoms with Crippen LogP contribution in [0, 0.1) is 0 Å². The summed E-state index contributed by atoms with van der Waals surface area (Å²) < 4.78 is 28.9. The van der Waals surface area contributed by atoms with Gasteiger partial charge in [0.25, 0.3) is 10.0 Å². The number of anilines is 1. The van der Waals surface area contributed by atoms with Crippen molar-refractivity contribution in [1.82, 2.24) is 4.83 Å². The number of hydrogen-bond donors (Lipinski definition) is 2. The van der Waals surface area contributed by atoms with E-state index in [2.05, 4.69) is 10.4 Å². The van der Waals surface area contributed by atoms with Gasteiger partial charge in [0, 0.05) is 18.3 Å². The normalized spacial score (nSPS) is 11.7. The molecule has 1 aromatic rings. The molecular weight excluding hydrogens is 322 g/mol. The van der Waals surface area contributed by atoms with Crippen molar-refractivity contribution < 1.29 is 22.7 Å². The van der Waals surface area contributed by atoms with E-state index in [0.717, 1.165) is 0 Å². The topological polar surface area (TPSA) is 114 Å². The number of rotatable bonds is 7. The zero-order chi connectivity index (χ0) is 17.5. The Morgan fingerprint density at radius 3 is 2.30 bits per heavy atom. The monoisotopic (exact) mass is 341 g/mol. The Bertz CT molecular complexity index is 696. The van der Waals surface area contributed by atoms with Gasteiger partial charge in [-0.25, -0.2) is 4.83 Å². The fourth-order valence-corrected chi connectivity index (χ4v) is 2.45. The molecule has 0 unspecified atom stereocenters. The van der Waals surface area contributed by atoms with Gasteiger partial charge in [-0.2, -0.15) is 13.5 Å². The number of ether oxygens (including phenoxy) is 1. The van der Waals surface area contributed by atoms with E-state index in [0.29, 0.717) is 5.69 Å². The SMILES string of the molecule is CCOC(=O)C/C(C)=N\NS(=O)(=O)c1ccc(NC(C)=O)cc1. The third-order valence-electron chi connectivity index (χ3n) is 2.55. The van der Waals surface area contributed by atoms with Crippen LogP contribution in [0.2, 0.25) is 0 Å². The fourth-order valence-electron chi connectivity index (χ4n) is 1.57. The van der Waals surface area contributed by atoms with Crippen LogP contribution in [0.4, 0.5) is 5.69 Å². The molecule has 0 spiro atoms. The molecule has 0 heterocycles. The second-order valence-corrected chi connectivity index (χ2v) is 6.29. The van der Waals surface area contributed by atoms with Gasteiger partial charge in [-0.1, -0.05) is 0 Å². The molecule has 9 heteroatoms. The summed E-state index contributed by atoms with van der Waals surface area (Å²) in [6.45, 7) is 4.79. The van der Waals surface area contributed by atoms with Crippen molar-refractivity contribution in [2.24, 2.45) is 5.10 Å². The standard InChI is InChI=1S/C14H19N3O5S/c1-4-22-14(19)9-10(2)16-17-23(20,21)13-7-5-12(6-8-13)15-11(3)18/h5-8,17H,4,9H2,1-3H3,(H,15,18)/b16-10-. The molecule has 1 rings (SSSR count). The number of esters is 1. The molecular formula is C14H19N3O5S. The Morgan fingerprint density at radius 1 is 1.17 bits per heavy atom. The smallest absolute Gasteiger partial charge is 0.311 e. The van der Waals surface area contributed by atoms with E-state index >= 15 is 0 Å². The quantitative estimate of drug-likeness (QED) is 0.440. The maximum Gasteiger partial charge on any atom is 0.311 e. The van der Waals surface area contributed by atoms with E-state index in [9.17, 15) is 18.0 Å². The second-order valence-electron chi connectivity index (χ2n) is 4.63. The molecule has 8 nitrogen and oxygen atoms in total. The first-order valence-corrected chi connectivity index (χ1v) is 8.31. The Morgan fingerprint density at radius 2 is 1.78 bits per heavy atom. The summed E-state index contributed by atoms with van der Waals surface area (Å²) in [6, 6.07) is 5.60. The number of amides is 1. The Labute approximate surface area is 135 Å². The van der Waals surface area contributed by atoms with Crippen LogP contribution in [-0.2, 0) is 24.3 Å². The van der Waals surface area contributed by atoms with Crippen molar-refractivity contribution in [2.45, 2.75) is 32.1 Å². The van der Waals surface area contributed by atoms with E-state index in [1.807, 2.05) is 4.83 Å². The second kappa shape index (κ2) is 8.28. The summed E-state index contributed by atoms with van der Waals surface area (Å²) in [7, 11) is -3.85. The van der Waals surface area contributed by atoms with Crippen LogP contribution in [0.25, 0.3) is 0 Å². The van der Waals surface area contributed by atoms with Crippen LogP contribution in [0.1, 0.15) is 27.2 Å². The van der Waals surface area contributed by atoms with Crippen molar-refractivity contribution in [2.75, 3.05) is 11.9 Å². The molecule has 0 radical (unpaired) electrons. The largest absolute Gasteiger partial charge is 0.466 e. The fraction of sp³-hybridized carbons (Fsp3) is 0.357. The van der Waals surface area contributed by atoms with Crippen LogP contribution in [-0.4, -0.2) is 32.6 Å². The number of sulfonamides is 1. The van der Waals surface area contributed by atoms with Gasteiger partial charge in [0.15, 0.2) is 0 Å². The average molecular weight is 341 g/mol. The highest BCUT2D eigenvalue weighted by Crippen LogP contribution is 2.14. The highest BCUT2D eigenvalue weighted by atomic mass is 32.2. The summed E-state index contributed by atoms with van der Waals surface area (Å²) in [5, 5.41) is 6.21. The van der Waals surface area contributed by atoms with Crippen LogP contribution < -0.4 is 10.1 Å². The Kier molecular flexibility index (Phi) is 6.70. The molecule has 1 amide bonds. The predicted molar refractivity (Wildman–Crippen MR) is 85.4 cm³/mol. The lowest BCUT2D eigenvalue weighted by molar-refractivity contribution is -0.141. The van der Waals surface area contributed by atoms with Crippen LogP contribution >= 0.6 is 0 Å². The van der Waals surface area contributed by atoms with Crippen molar-refractivity contribution in [3.63, 3.8) is 0 Å². The molecule has 0 saturated heterocycles. The molecule has 0 aliphatic carbocycles. The first kappa shape index (κ1) is 18.6. The van der Waals surface area contributed by atoms with Gasteiger partial charge >= 0.3 is 5.97 Å². The number of nitrogens with zero attached hydrogens (tertiary/aromatic N) is 1. The molecule has 23 heavy (non-hydrogen) atoms. The molecule has 1 aromatic carbocycles.